The van der Waals surface area contributed by atoms with Crippen molar-refractivity contribution in [2.24, 2.45) is 0 Å². The number of likely N-dealkylation sites (N-methyl/N-ethyl adjacent to an activating group) is 1. The van der Waals surface area contributed by atoms with Crippen molar-refractivity contribution in [3.63, 3.8) is 0 Å². The summed E-state index contributed by atoms with van der Waals surface area (Å²) in [6.45, 7) is 2.53. The van der Waals surface area contributed by atoms with Crippen molar-refractivity contribution >= 4 is 17.6 Å². The van der Waals surface area contributed by atoms with Crippen molar-refractivity contribution in [3.8, 4) is 5.75 Å². The molecule has 2 aromatic rings. The Hall–Kier alpha value is -3.43. The molecular formula is C18H22N4O6. The number of carbonyl (C=O) groups excluding carboxylic acids is 2. The van der Waals surface area contributed by atoms with Gasteiger partial charge in [-0.3, -0.25) is 24.4 Å². The molecule has 0 fully saturated rings. The standard InChI is InChI=1S/C18H22N4O6/c1-12-18(22(25)26)13(2)21(19-12)10-17(24)28-11-16(23)20(3)9-14-7-5-6-8-15(14)27-4/h5-8H,9-11H2,1-4H3. The van der Waals surface area contributed by atoms with Crippen molar-refractivity contribution in [2.75, 3.05) is 20.8 Å². The van der Waals surface area contributed by atoms with E-state index in [9.17, 15) is 19.7 Å². The molecule has 1 aromatic heterocycles. The van der Waals surface area contributed by atoms with E-state index in [1.54, 1.807) is 20.2 Å². The molecule has 1 amide bonds. The fourth-order valence-corrected chi connectivity index (χ4v) is 2.70. The molecule has 1 heterocycles. The van der Waals surface area contributed by atoms with E-state index in [1.165, 1.54) is 23.4 Å². The van der Waals surface area contributed by atoms with Gasteiger partial charge in [0.25, 0.3) is 5.91 Å². The first-order chi connectivity index (χ1) is 13.2. The number of hydrogen-bond acceptors (Lipinski definition) is 7. The molecule has 0 radical (unpaired) electrons. The molecular weight excluding hydrogens is 368 g/mol. The topological polar surface area (TPSA) is 117 Å². The van der Waals surface area contributed by atoms with Gasteiger partial charge in [-0.05, 0) is 19.9 Å². The van der Waals surface area contributed by atoms with Crippen LogP contribution in [0, 0.1) is 24.0 Å². The van der Waals surface area contributed by atoms with Gasteiger partial charge in [0.15, 0.2) is 6.61 Å². The third-order valence-corrected chi connectivity index (χ3v) is 4.19. The molecule has 0 spiro atoms. The minimum Gasteiger partial charge on any atom is -0.496 e. The minimum atomic E-state index is -0.709. The molecule has 0 atom stereocenters. The molecule has 0 aliphatic rings. The summed E-state index contributed by atoms with van der Waals surface area (Å²) in [7, 11) is 3.14. The van der Waals surface area contributed by atoms with Crippen molar-refractivity contribution < 1.29 is 24.0 Å². The van der Waals surface area contributed by atoms with Gasteiger partial charge >= 0.3 is 11.7 Å². The molecule has 2 rings (SSSR count). The van der Waals surface area contributed by atoms with Gasteiger partial charge in [0.1, 0.15) is 23.7 Å². The molecule has 10 nitrogen and oxygen atoms in total. The van der Waals surface area contributed by atoms with E-state index < -0.39 is 23.4 Å². The summed E-state index contributed by atoms with van der Waals surface area (Å²) in [6, 6.07) is 7.30. The van der Waals surface area contributed by atoms with Crippen molar-refractivity contribution in [2.45, 2.75) is 26.9 Å². The Labute approximate surface area is 161 Å². The van der Waals surface area contributed by atoms with Crippen molar-refractivity contribution in [1.82, 2.24) is 14.7 Å². The fraction of sp³-hybridized carbons (Fsp3) is 0.389. The van der Waals surface area contributed by atoms with Crippen LogP contribution in [0.2, 0.25) is 0 Å². The van der Waals surface area contributed by atoms with E-state index in [-0.39, 0.29) is 23.6 Å². The number of aromatic nitrogens is 2. The van der Waals surface area contributed by atoms with E-state index in [4.69, 9.17) is 9.47 Å². The number of carbonyl (C=O) groups is 2. The largest absolute Gasteiger partial charge is 0.496 e. The molecule has 10 heteroatoms. The molecule has 0 bridgehead atoms. The first-order valence-electron chi connectivity index (χ1n) is 8.44. The van der Waals surface area contributed by atoms with Crippen LogP contribution in [0.1, 0.15) is 17.0 Å². The lowest BCUT2D eigenvalue weighted by Gasteiger charge is -2.18. The van der Waals surface area contributed by atoms with Gasteiger partial charge in [-0.1, -0.05) is 18.2 Å². The second kappa shape index (κ2) is 8.98. The zero-order valence-corrected chi connectivity index (χ0v) is 16.2. The number of aryl methyl sites for hydroxylation is 1. The average molecular weight is 390 g/mol. The van der Waals surface area contributed by atoms with Crippen LogP contribution in [0.5, 0.6) is 5.75 Å². The SMILES string of the molecule is COc1ccccc1CN(C)C(=O)COC(=O)Cn1nc(C)c([N+](=O)[O-])c1C. The number of nitro groups is 1. The molecule has 0 saturated carbocycles. The summed E-state index contributed by atoms with van der Waals surface area (Å²) in [5.41, 5.74) is 1.14. The number of benzene rings is 1. The lowest BCUT2D eigenvalue weighted by Crippen LogP contribution is -2.31. The van der Waals surface area contributed by atoms with Crippen LogP contribution in [0.4, 0.5) is 5.69 Å². The number of ether oxygens (including phenoxy) is 2. The highest BCUT2D eigenvalue weighted by Gasteiger charge is 2.23. The third kappa shape index (κ3) is 4.84. The monoisotopic (exact) mass is 390 g/mol. The Kier molecular flexibility index (Phi) is 6.69. The normalized spacial score (nSPS) is 10.4. The van der Waals surface area contributed by atoms with Gasteiger partial charge in [0.05, 0.1) is 12.0 Å². The van der Waals surface area contributed by atoms with Crippen LogP contribution in [-0.2, 0) is 27.4 Å². The van der Waals surface area contributed by atoms with Gasteiger partial charge in [-0.25, -0.2) is 0 Å². The molecule has 28 heavy (non-hydrogen) atoms. The molecule has 0 saturated heterocycles. The highest BCUT2D eigenvalue weighted by Crippen LogP contribution is 2.21. The Morgan fingerprint density at radius 2 is 1.96 bits per heavy atom. The first kappa shape index (κ1) is 20.9. The molecule has 0 aliphatic carbocycles. The number of methoxy groups -OCH3 is 1. The van der Waals surface area contributed by atoms with E-state index in [2.05, 4.69) is 5.10 Å². The number of nitrogens with zero attached hydrogens (tertiary/aromatic N) is 4. The van der Waals surface area contributed by atoms with Gasteiger partial charge < -0.3 is 14.4 Å². The maximum Gasteiger partial charge on any atom is 0.328 e. The Morgan fingerprint density at radius 3 is 2.57 bits per heavy atom. The zero-order valence-electron chi connectivity index (χ0n) is 16.2. The second-order valence-corrected chi connectivity index (χ2v) is 6.16. The van der Waals surface area contributed by atoms with E-state index in [0.29, 0.717) is 12.3 Å². The number of rotatable bonds is 8. The van der Waals surface area contributed by atoms with E-state index in [1.807, 2.05) is 18.2 Å². The summed E-state index contributed by atoms with van der Waals surface area (Å²) in [4.78, 5) is 36.1. The summed E-state index contributed by atoms with van der Waals surface area (Å²) < 4.78 is 11.4. The average Bonchev–Trinajstić information content (AvgIpc) is 2.93. The van der Waals surface area contributed by atoms with Crippen LogP contribution in [-0.4, -0.2) is 52.2 Å². The fourth-order valence-electron chi connectivity index (χ4n) is 2.70. The van der Waals surface area contributed by atoms with Crippen LogP contribution < -0.4 is 4.74 Å². The van der Waals surface area contributed by atoms with Crippen LogP contribution >= 0.6 is 0 Å². The minimum absolute atomic E-state index is 0.139. The lowest BCUT2D eigenvalue weighted by molar-refractivity contribution is -0.386. The lowest BCUT2D eigenvalue weighted by atomic mass is 10.2. The van der Waals surface area contributed by atoms with Crippen LogP contribution in [0.3, 0.4) is 0 Å². The van der Waals surface area contributed by atoms with Crippen LogP contribution in [0.15, 0.2) is 24.3 Å². The number of esters is 1. The third-order valence-electron chi connectivity index (χ3n) is 4.19. The van der Waals surface area contributed by atoms with Crippen molar-refractivity contribution in [3.05, 3.63) is 51.3 Å². The predicted octanol–water partition coefficient (Wildman–Crippen LogP) is 1.62. The summed E-state index contributed by atoms with van der Waals surface area (Å²) >= 11 is 0. The molecule has 0 N–H and O–H groups in total. The summed E-state index contributed by atoms with van der Waals surface area (Å²) in [5.74, 6) is -0.441. The predicted molar refractivity (Wildman–Crippen MR) is 98.8 cm³/mol. The van der Waals surface area contributed by atoms with Gasteiger partial charge in [0, 0.05) is 19.2 Å². The number of hydrogen-bond donors (Lipinski definition) is 0. The molecule has 1 aromatic carbocycles. The highest BCUT2D eigenvalue weighted by atomic mass is 16.6. The van der Waals surface area contributed by atoms with E-state index >= 15 is 0 Å². The first-order valence-corrected chi connectivity index (χ1v) is 8.44. The summed E-state index contributed by atoms with van der Waals surface area (Å²) in [6.07, 6.45) is 0. The quantitative estimate of drug-likeness (QED) is 0.382. The number of amides is 1. The highest BCUT2D eigenvalue weighted by molar-refractivity contribution is 5.80. The second-order valence-electron chi connectivity index (χ2n) is 6.16. The summed E-state index contributed by atoms with van der Waals surface area (Å²) in [5, 5.41) is 15.0. The maximum absolute atomic E-state index is 12.2. The van der Waals surface area contributed by atoms with Crippen LogP contribution in [0.25, 0.3) is 0 Å². The van der Waals surface area contributed by atoms with Gasteiger partial charge in [-0.2, -0.15) is 5.10 Å². The molecule has 0 aliphatic heterocycles. The smallest absolute Gasteiger partial charge is 0.328 e. The van der Waals surface area contributed by atoms with Crippen molar-refractivity contribution in [1.29, 1.82) is 0 Å². The zero-order chi connectivity index (χ0) is 20.8. The number of para-hydroxylation sites is 1. The van der Waals surface area contributed by atoms with Gasteiger partial charge in [-0.15, -0.1) is 0 Å². The molecule has 0 unspecified atom stereocenters. The molecule has 150 valence electrons. The Bertz CT molecular complexity index is 892. The maximum atomic E-state index is 12.2. The Morgan fingerprint density at radius 1 is 1.29 bits per heavy atom. The van der Waals surface area contributed by atoms with Gasteiger partial charge in [0.2, 0.25) is 0 Å². The van der Waals surface area contributed by atoms with E-state index in [0.717, 1.165) is 5.56 Å². The Balaban J connectivity index is 1.91.